The molecule has 0 spiro atoms. The number of hydrogen-bond donors (Lipinski definition) is 2. The van der Waals surface area contributed by atoms with Gasteiger partial charge < -0.3 is 24.0 Å². The first-order chi connectivity index (χ1) is 19.8. The predicted octanol–water partition coefficient (Wildman–Crippen LogP) is 6.25. The van der Waals surface area contributed by atoms with Gasteiger partial charge in [-0.3, -0.25) is 10.6 Å². The lowest BCUT2D eigenvalue weighted by Gasteiger charge is -2.22. The number of benzene rings is 2. The minimum Gasteiger partial charge on any atom is -0.449 e. The van der Waals surface area contributed by atoms with Crippen molar-refractivity contribution in [1.82, 2.24) is 0 Å². The van der Waals surface area contributed by atoms with Crippen LogP contribution in [0.2, 0.25) is 0 Å². The first-order valence-electron chi connectivity index (χ1n) is 14.2. The van der Waals surface area contributed by atoms with E-state index < -0.39 is 12.2 Å². The molecule has 41 heavy (non-hydrogen) atoms. The van der Waals surface area contributed by atoms with Gasteiger partial charge in [0.15, 0.2) is 12.5 Å². The third-order valence-corrected chi connectivity index (χ3v) is 6.53. The Balaban J connectivity index is 0.00000411. The van der Waals surface area contributed by atoms with Crippen LogP contribution in [0, 0.1) is 13.8 Å². The first-order valence-corrected chi connectivity index (χ1v) is 14.5. The van der Waals surface area contributed by atoms with Crippen LogP contribution < -0.4 is 20.4 Å². The molecule has 0 aliphatic heterocycles. The molecule has 11 heteroatoms. The minimum atomic E-state index is -0.505. The summed E-state index contributed by atoms with van der Waals surface area (Å²) in [6.45, 7) is 17.4. The van der Waals surface area contributed by atoms with E-state index in [0.717, 1.165) is 66.5 Å². The summed E-state index contributed by atoms with van der Waals surface area (Å²) < 4.78 is 23.9. The van der Waals surface area contributed by atoms with Gasteiger partial charge in [-0.25, -0.2) is 9.59 Å². The Hall–Kier alpha value is -3.44. The van der Waals surface area contributed by atoms with Crippen LogP contribution in [0.15, 0.2) is 36.4 Å². The van der Waals surface area contributed by atoms with Crippen molar-refractivity contribution in [3.05, 3.63) is 47.5 Å². The van der Waals surface area contributed by atoms with Crippen molar-refractivity contribution in [2.45, 2.75) is 54.4 Å². The number of ether oxygens (including phenoxy) is 3. The number of rotatable bonds is 16. The zero-order valence-electron chi connectivity index (χ0n) is 25.3. The largest absolute Gasteiger partial charge is 0.449 e. The first kappa shape index (κ1) is 35.6. The highest BCUT2D eigenvalue weighted by Crippen LogP contribution is 2.24. The molecule has 228 valence electrons. The molecule has 10 nitrogen and oxygen atoms in total. The number of nitrogens with one attached hydrogen (secondary N) is 2. The molecule has 2 N–H and O–H groups in total. The van der Waals surface area contributed by atoms with Crippen LogP contribution in [-0.4, -0.2) is 69.0 Å². The van der Waals surface area contributed by atoms with E-state index in [1.54, 1.807) is 0 Å². The Morgan fingerprint density at radius 2 is 1.07 bits per heavy atom. The van der Waals surface area contributed by atoms with Gasteiger partial charge in [0.1, 0.15) is 6.61 Å². The summed E-state index contributed by atoms with van der Waals surface area (Å²) in [6, 6.07) is 11.9. The molecule has 0 saturated heterocycles. The number of nitrogens with zero attached hydrogens (tertiary/aromatic N) is 2. The Bertz CT molecular complexity index is 982. The van der Waals surface area contributed by atoms with Gasteiger partial charge in [0, 0.05) is 55.5 Å². The maximum Gasteiger partial charge on any atom is 0.411 e. The summed E-state index contributed by atoms with van der Waals surface area (Å²) in [5, 5.41) is 5.59. The van der Waals surface area contributed by atoms with Gasteiger partial charge in [-0.2, -0.15) is 4.21 Å². The van der Waals surface area contributed by atoms with Crippen LogP contribution >= 0.6 is 0 Å². The average molecular weight is 591 g/mol. The monoisotopic (exact) mass is 590 g/mol. The van der Waals surface area contributed by atoms with Crippen LogP contribution in [0.4, 0.5) is 32.3 Å². The van der Waals surface area contributed by atoms with Crippen LogP contribution in [0.1, 0.15) is 51.7 Å². The van der Waals surface area contributed by atoms with E-state index in [4.69, 9.17) is 18.4 Å². The molecule has 0 aliphatic carbocycles. The second-order valence-corrected chi connectivity index (χ2v) is 9.18. The van der Waals surface area contributed by atoms with Crippen molar-refractivity contribution in [3.63, 3.8) is 0 Å². The quantitative estimate of drug-likeness (QED) is 0.219. The Morgan fingerprint density at radius 1 is 0.659 bits per heavy atom. The van der Waals surface area contributed by atoms with Crippen LogP contribution in [0.3, 0.4) is 0 Å². The van der Waals surface area contributed by atoms with Crippen LogP contribution in [0.25, 0.3) is 0 Å². The summed E-state index contributed by atoms with van der Waals surface area (Å²) >= 11 is 2.83. The number of amides is 2. The molecule has 0 aromatic heterocycles. The van der Waals surface area contributed by atoms with Crippen LogP contribution in [0.5, 0.6) is 0 Å². The second kappa shape index (κ2) is 20.4. The van der Waals surface area contributed by atoms with E-state index in [1.807, 2.05) is 38.1 Å². The van der Waals surface area contributed by atoms with Gasteiger partial charge in [0.2, 0.25) is 0 Å². The van der Waals surface area contributed by atoms with Crippen molar-refractivity contribution >= 4 is 47.5 Å². The molecule has 2 aromatic rings. The lowest BCUT2D eigenvalue weighted by atomic mass is 10.1. The third-order valence-electron chi connectivity index (χ3n) is 6.53. The topological polar surface area (TPSA) is 109 Å². The number of carbonyl (C=O) groups excluding carboxylic acids is 2. The predicted molar refractivity (Wildman–Crippen MR) is 168 cm³/mol. The fraction of sp³-hybridized carbons (Fsp3) is 0.533. The molecule has 0 saturated carbocycles. The summed E-state index contributed by atoms with van der Waals surface area (Å²) in [7, 11) is 0. The Kier molecular flexibility index (Phi) is 17.7. The van der Waals surface area contributed by atoms with Gasteiger partial charge >= 0.3 is 12.2 Å². The molecule has 0 aliphatic rings. The molecule has 0 heterocycles. The Morgan fingerprint density at radius 3 is 1.49 bits per heavy atom. The summed E-state index contributed by atoms with van der Waals surface area (Å²) in [4.78, 5) is 28.7. The maximum atomic E-state index is 12.1. The van der Waals surface area contributed by atoms with E-state index in [-0.39, 0.29) is 6.61 Å². The van der Waals surface area contributed by atoms with Gasteiger partial charge in [0.25, 0.3) is 0 Å². The summed E-state index contributed by atoms with van der Waals surface area (Å²) in [5.74, 6) is 0. The summed E-state index contributed by atoms with van der Waals surface area (Å²) in [5.41, 5.74) is 5.71. The molecule has 0 unspecified atom stereocenters. The lowest BCUT2D eigenvalue weighted by Crippen LogP contribution is -2.22. The maximum absolute atomic E-state index is 12.1. The smallest absolute Gasteiger partial charge is 0.411 e. The van der Waals surface area contributed by atoms with Gasteiger partial charge in [-0.15, -0.1) is 0 Å². The fourth-order valence-corrected chi connectivity index (χ4v) is 4.21. The van der Waals surface area contributed by atoms with Gasteiger partial charge in [0.05, 0.1) is 13.2 Å². The number of carbonyl (C=O) groups is 2. The third kappa shape index (κ3) is 12.7. The molecule has 2 aromatic carbocycles. The molecule has 2 amide bonds. The fourth-order valence-electron chi connectivity index (χ4n) is 4.21. The minimum absolute atomic E-state index is 0.160. The van der Waals surface area contributed by atoms with E-state index in [0.29, 0.717) is 26.2 Å². The zero-order chi connectivity index (χ0) is 30.6. The van der Waals surface area contributed by atoms with Gasteiger partial charge in [-0.05, 0) is 102 Å². The van der Waals surface area contributed by atoms with Crippen molar-refractivity contribution in [3.8, 4) is 0 Å². The van der Waals surface area contributed by atoms with Crippen molar-refractivity contribution in [2.24, 2.45) is 0 Å². The normalized spacial score (nSPS) is 10.2. The highest BCUT2D eigenvalue weighted by molar-refractivity contribution is 7.44. The SMILES string of the molecule is CCN(CC)c1ccc(NC(=O)OCCCCOCCOC(=O)Nc2ccc(N(CC)CC)cc2C)c(C)c1.O=S. The zero-order valence-corrected chi connectivity index (χ0v) is 26.1. The van der Waals surface area contributed by atoms with Crippen molar-refractivity contribution in [2.75, 3.05) is 73.0 Å². The van der Waals surface area contributed by atoms with Crippen molar-refractivity contribution in [1.29, 1.82) is 0 Å². The van der Waals surface area contributed by atoms with Crippen molar-refractivity contribution < 1.29 is 28.0 Å². The van der Waals surface area contributed by atoms with E-state index in [9.17, 15) is 9.59 Å². The molecular formula is C30H46N4O6S. The van der Waals surface area contributed by atoms with E-state index in [1.165, 1.54) is 0 Å². The standard InChI is InChI=1S/C30H46N4O5.OS/c1-7-33(8-2)25-13-15-27(23(5)21-25)31-29(35)38-18-12-11-17-37-19-20-39-30(36)32-28-16-14-26(22-24(28)6)34(9-3)10-4;1-2/h13-16,21-22H,7-12,17-20H2,1-6H3,(H,31,35)(H,32,36);. The van der Waals surface area contributed by atoms with E-state index in [2.05, 4.69) is 72.8 Å². The number of unbranched alkanes of at least 4 members (excludes halogenated alkanes) is 1. The summed E-state index contributed by atoms with van der Waals surface area (Å²) in [6.07, 6.45) is 0.439. The highest BCUT2D eigenvalue weighted by atomic mass is 32.1. The average Bonchev–Trinajstić information content (AvgIpc) is 2.97. The second-order valence-electron chi connectivity index (χ2n) is 9.18. The molecule has 0 bridgehead atoms. The molecule has 2 rings (SSSR count). The molecule has 0 atom stereocenters. The molecule has 0 radical (unpaired) electrons. The van der Waals surface area contributed by atoms with Crippen LogP contribution in [-0.2, 0) is 26.7 Å². The number of anilines is 4. The van der Waals surface area contributed by atoms with E-state index >= 15 is 0 Å². The number of aryl methyl sites for hydroxylation is 2. The van der Waals surface area contributed by atoms with Gasteiger partial charge in [-0.1, -0.05) is 0 Å². The lowest BCUT2D eigenvalue weighted by molar-refractivity contribution is 0.0737. The molecular weight excluding hydrogens is 544 g/mol. The molecule has 0 fully saturated rings. The highest BCUT2D eigenvalue weighted by Gasteiger charge is 2.10. The Labute approximate surface area is 250 Å². The number of hydrogen-bond acceptors (Lipinski definition) is 9.